The molecule has 1 rings (SSSR count). The molecule has 0 aromatic heterocycles. The van der Waals surface area contributed by atoms with Crippen LogP contribution in [-0.4, -0.2) is 8.21 Å². The zero-order valence-corrected chi connectivity index (χ0v) is 11.1. The minimum atomic E-state index is 0.279. The summed E-state index contributed by atoms with van der Waals surface area (Å²) >= 11 is 15.2. The number of rotatable bonds is 0. The maximum atomic E-state index is 3.42. The van der Waals surface area contributed by atoms with Crippen molar-refractivity contribution in [1.82, 2.24) is 3.93 Å². The predicted molar refractivity (Wildman–Crippen MR) is 56.0 cm³/mol. The number of halogens is 4. The molecule has 0 N–H and O–H groups in total. The van der Waals surface area contributed by atoms with E-state index >= 15 is 0 Å². The molecule has 1 aliphatic rings. The Balaban J connectivity index is 2.74. The van der Waals surface area contributed by atoms with Crippen molar-refractivity contribution in [3.8, 4) is 0 Å². The Morgan fingerprint density at radius 1 is 1.44 bits per heavy atom. The number of hydrogen-bond donors (Lipinski definition) is 0. The van der Waals surface area contributed by atoms with E-state index in [0.717, 1.165) is 8.42 Å². The number of hydrogen-bond acceptors (Lipinski definition) is 2. The molecule has 0 aromatic rings. The average molecular weight is 403 g/mol. The number of nitrogens with zero attached hydrogens (tertiary/aromatic N) is 1. The van der Waals surface area contributed by atoms with Crippen molar-refractivity contribution in [3.05, 3.63) is 8.42 Å². The summed E-state index contributed by atoms with van der Waals surface area (Å²) in [5, 5.41) is 0. The lowest BCUT2D eigenvalue weighted by molar-refractivity contribution is 0.744. The van der Waals surface area contributed by atoms with Gasteiger partial charge in [0, 0.05) is 0 Å². The molecule has 1 unspecified atom stereocenters. The molecule has 0 aliphatic carbocycles. The zero-order chi connectivity index (χ0) is 7.02. The molecule has 6 heteroatoms. The van der Waals surface area contributed by atoms with Gasteiger partial charge in [-0.1, -0.05) is 27.7 Å². The summed E-state index contributed by atoms with van der Waals surface area (Å²) in [7, 11) is 0. The van der Waals surface area contributed by atoms with Crippen LogP contribution < -0.4 is 0 Å². The van der Waals surface area contributed by atoms with Gasteiger partial charge in [-0.05, 0) is 31.9 Å². The quantitative estimate of drug-likeness (QED) is 0.343. The van der Waals surface area contributed by atoms with Crippen molar-refractivity contribution >= 4 is 75.7 Å². The van der Waals surface area contributed by atoms with Crippen molar-refractivity contribution < 1.29 is 0 Å². The third-order valence-electron chi connectivity index (χ3n) is 0.729. The van der Waals surface area contributed by atoms with Gasteiger partial charge in [-0.2, -0.15) is 0 Å². The first kappa shape index (κ1) is 8.90. The Labute approximate surface area is 91.3 Å². The summed E-state index contributed by atoms with van der Waals surface area (Å²) in [6, 6.07) is 0. The molecule has 1 atom stereocenters. The fraction of sp³-hybridized carbons (Fsp3) is 0.333. The molecule has 0 saturated carbocycles. The summed E-state index contributed by atoms with van der Waals surface area (Å²) in [6.45, 7) is 0. The Kier molecular flexibility index (Phi) is 3.43. The highest BCUT2D eigenvalue weighted by atomic mass is 79.9. The SMILES string of the molecule is BrC1=C(Br)N(Br)C(Br)S1. The predicted octanol–water partition coefficient (Wildman–Crippen LogP) is 3.94. The van der Waals surface area contributed by atoms with Crippen molar-refractivity contribution in [2.24, 2.45) is 0 Å². The van der Waals surface area contributed by atoms with Gasteiger partial charge in [0.25, 0.3) is 0 Å². The molecular weight excluding hydrogens is 402 g/mol. The summed E-state index contributed by atoms with van der Waals surface area (Å²) in [6.07, 6.45) is 0. The molecule has 9 heavy (non-hydrogen) atoms. The second-order valence-corrected chi connectivity index (χ2v) is 6.68. The fourth-order valence-electron chi connectivity index (χ4n) is 0.353. The van der Waals surface area contributed by atoms with E-state index in [1.165, 1.54) is 0 Å². The molecule has 0 bridgehead atoms. The zero-order valence-electron chi connectivity index (χ0n) is 3.94. The van der Waals surface area contributed by atoms with E-state index in [1.54, 1.807) is 11.8 Å². The van der Waals surface area contributed by atoms with E-state index in [9.17, 15) is 0 Å². The molecule has 1 heterocycles. The van der Waals surface area contributed by atoms with Crippen LogP contribution >= 0.6 is 75.7 Å². The summed E-state index contributed by atoms with van der Waals surface area (Å²) < 4.78 is 4.30. The second kappa shape index (κ2) is 3.47. The molecule has 52 valence electrons. The van der Waals surface area contributed by atoms with E-state index < -0.39 is 0 Å². The first-order valence-electron chi connectivity index (χ1n) is 1.94. The van der Waals surface area contributed by atoms with Gasteiger partial charge >= 0.3 is 0 Å². The number of alkyl halides is 1. The molecular formula is C3HBr4NS. The standard InChI is InChI=1S/C3HBr4NS/c4-1-2(5)9-3(6)8(1)7/h3H. The minimum Gasteiger partial charge on any atom is -0.277 e. The maximum Gasteiger partial charge on any atom is 0.147 e. The lowest BCUT2D eigenvalue weighted by Crippen LogP contribution is -2.07. The average Bonchev–Trinajstić information content (AvgIpc) is 1.98. The van der Waals surface area contributed by atoms with Gasteiger partial charge in [-0.15, -0.1) is 0 Å². The molecule has 1 nitrogen and oxygen atoms in total. The molecule has 0 saturated heterocycles. The first-order valence-corrected chi connectivity index (χ1v) is 6.03. The normalized spacial score (nSPS) is 28.0. The van der Waals surface area contributed by atoms with Crippen LogP contribution in [0.2, 0.25) is 0 Å². The maximum absolute atomic E-state index is 3.42. The fourth-order valence-corrected chi connectivity index (χ4v) is 4.84. The van der Waals surface area contributed by atoms with E-state index in [-0.39, 0.29) is 4.28 Å². The third-order valence-corrected chi connectivity index (χ3v) is 7.07. The van der Waals surface area contributed by atoms with Crippen LogP contribution in [0.15, 0.2) is 8.42 Å². The van der Waals surface area contributed by atoms with Gasteiger partial charge in [0.15, 0.2) is 0 Å². The van der Waals surface area contributed by atoms with Crippen LogP contribution in [0.5, 0.6) is 0 Å². The van der Waals surface area contributed by atoms with Crippen molar-refractivity contribution in [2.75, 3.05) is 0 Å². The van der Waals surface area contributed by atoms with E-state index in [4.69, 9.17) is 0 Å². The van der Waals surface area contributed by atoms with Gasteiger partial charge in [0.2, 0.25) is 0 Å². The third kappa shape index (κ3) is 1.89. The van der Waals surface area contributed by atoms with Crippen LogP contribution in [0.25, 0.3) is 0 Å². The van der Waals surface area contributed by atoms with Crippen LogP contribution in [-0.2, 0) is 0 Å². The Morgan fingerprint density at radius 2 is 2.00 bits per heavy atom. The van der Waals surface area contributed by atoms with Crippen molar-refractivity contribution in [2.45, 2.75) is 4.28 Å². The smallest absolute Gasteiger partial charge is 0.147 e. The van der Waals surface area contributed by atoms with E-state index in [2.05, 4.69) is 63.9 Å². The van der Waals surface area contributed by atoms with Crippen LogP contribution in [0, 0.1) is 0 Å². The summed E-state index contributed by atoms with van der Waals surface area (Å²) in [5.41, 5.74) is 0. The van der Waals surface area contributed by atoms with E-state index in [0.29, 0.717) is 0 Å². The largest absolute Gasteiger partial charge is 0.277 e. The van der Waals surface area contributed by atoms with Gasteiger partial charge in [0.1, 0.15) is 8.89 Å². The summed E-state index contributed by atoms with van der Waals surface area (Å²) in [4.78, 5) is 0. The highest BCUT2D eigenvalue weighted by Crippen LogP contribution is 2.48. The van der Waals surface area contributed by atoms with Crippen LogP contribution in [0.3, 0.4) is 0 Å². The lowest BCUT2D eigenvalue weighted by atomic mass is 11.0. The Morgan fingerprint density at radius 3 is 2.11 bits per heavy atom. The molecule has 1 aliphatic heterocycles. The monoisotopic (exact) mass is 399 g/mol. The minimum absolute atomic E-state index is 0.279. The molecule has 0 fully saturated rings. The van der Waals surface area contributed by atoms with Gasteiger partial charge in [0.05, 0.1) is 20.0 Å². The van der Waals surface area contributed by atoms with Crippen LogP contribution in [0.4, 0.5) is 0 Å². The second-order valence-electron chi connectivity index (χ2n) is 1.29. The molecule has 0 radical (unpaired) electrons. The van der Waals surface area contributed by atoms with Crippen molar-refractivity contribution in [3.63, 3.8) is 0 Å². The first-order chi connectivity index (χ1) is 4.13. The van der Waals surface area contributed by atoms with Crippen LogP contribution in [0.1, 0.15) is 0 Å². The lowest BCUT2D eigenvalue weighted by Gasteiger charge is -2.10. The van der Waals surface area contributed by atoms with Gasteiger partial charge < -0.3 is 0 Å². The van der Waals surface area contributed by atoms with Crippen molar-refractivity contribution in [1.29, 1.82) is 0 Å². The molecule has 0 spiro atoms. The molecule has 0 amide bonds. The Hall–Kier alpha value is 1.81. The highest BCUT2D eigenvalue weighted by Gasteiger charge is 2.26. The number of thioether (sulfide) groups is 1. The van der Waals surface area contributed by atoms with Gasteiger partial charge in [-0.25, -0.2) is 0 Å². The van der Waals surface area contributed by atoms with Gasteiger partial charge in [-0.3, -0.25) is 3.93 Å². The van der Waals surface area contributed by atoms with E-state index in [1.807, 2.05) is 3.93 Å². The highest BCUT2D eigenvalue weighted by molar-refractivity contribution is 9.17. The Bertz CT molecular complexity index is 158. The topological polar surface area (TPSA) is 3.24 Å². The summed E-state index contributed by atoms with van der Waals surface area (Å²) in [5.74, 6) is 0. The molecule has 0 aromatic carbocycles.